The van der Waals surface area contributed by atoms with Crippen molar-refractivity contribution in [3.05, 3.63) is 56.5 Å². The molecule has 0 aromatic heterocycles. The number of hydrogen-bond donors (Lipinski definition) is 0. The van der Waals surface area contributed by atoms with Crippen LogP contribution in [0.1, 0.15) is 17.6 Å². The largest absolute Gasteiger partial charge is 0.417 e. The van der Waals surface area contributed by atoms with Crippen LogP contribution in [-0.2, 0) is 6.18 Å². The minimum atomic E-state index is -4.97. The van der Waals surface area contributed by atoms with Crippen LogP contribution in [0.15, 0.2) is 30.3 Å². The maximum Gasteiger partial charge on any atom is 0.417 e. The summed E-state index contributed by atoms with van der Waals surface area (Å²) in [5.41, 5.74) is -3.16. The molecule has 0 bridgehead atoms. The van der Waals surface area contributed by atoms with Gasteiger partial charge >= 0.3 is 6.18 Å². The molecule has 0 radical (unpaired) electrons. The predicted octanol–water partition coefficient (Wildman–Crippen LogP) is 7.27. The quantitative estimate of drug-likeness (QED) is 0.382. The molecule has 0 heterocycles. The monoisotopic (exact) mass is 374 g/mol. The summed E-state index contributed by atoms with van der Waals surface area (Å²) >= 11 is 17.4. The molecule has 0 fully saturated rings. The van der Waals surface area contributed by atoms with Gasteiger partial charge in [0.1, 0.15) is 0 Å². The molecule has 0 atom stereocenters. The first kappa shape index (κ1) is 17.3. The molecule has 0 aliphatic carbocycles. The molecule has 0 N–H and O–H groups in total. The molecule has 2 aromatic carbocycles. The van der Waals surface area contributed by atoms with Gasteiger partial charge in [0, 0.05) is 16.1 Å². The maximum absolute atomic E-state index is 13.2. The van der Waals surface area contributed by atoms with Gasteiger partial charge in [-0.3, -0.25) is 0 Å². The fourth-order valence-corrected chi connectivity index (χ4v) is 2.67. The maximum atomic E-state index is 13.2. The highest BCUT2D eigenvalue weighted by molar-refractivity contribution is 6.44. The van der Waals surface area contributed by atoms with Crippen molar-refractivity contribution in [3.63, 3.8) is 0 Å². The van der Waals surface area contributed by atoms with Crippen molar-refractivity contribution in [3.8, 4) is 11.1 Å². The second-order valence-electron chi connectivity index (χ2n) is 4.31. The molecular formula is C14H6Cl3F5. The summed E-state index contributed by atoms with van der Waals surface area (Å²) in [6.07, 6.45) is -8.25. The van der Waals surface area contributed by atoms with E-state index in [2.05, 4.69) is 0 Å². The van der Waals surface area contributed by atoms with E-state index in [1.165, 1.54) is 0 Å². The second-order valence-corrected chi connectivity index (χ2v) is 5.54. The lowest BCUT2D eigenvalue weighted by Gasteiger charge is -2.18. The lowest BCUT2D eigenvalue weighted by atomic mass is 9.95. The summed E-state index contributed by atoms with van der Waals surface area (Å²) in [5.74, 6) is 0. The van der Waals surface area contributed by atoms with Crippen molar-refractivity contribution in [1.29, 1.82) is 0 Å². The third-order valence-electron chi connectivity index (χ3n) is 2.92. The average Bonchev–Trinajstić information content (AvgIpc) is 2.41. The van der Waals surface area contributed by atoms with Gasteiger partial charge in [0.2, 0.25) is 0 Å². The van der Waals surface area contributed by atoms with Gasteiger partial charge in [0.15, 0.2) is 0 Å². The highest BCUT2D eigenvalue weighted by Crippen LogP contribution is 2.45. The minimum Gasteiger partial charge on any atom is -0.205 e. The van der Waals surface area contributed by atoms with E-state index in [-0.39, 0.29) is 20.6 Å². The fourth-order valence-electron chi connectivity index (χ4n) is 2.02. The molecule has 2 rings (SSSR count). The molecule has 118 valence electrons. The first-order valence-electron chi connectivity index (χ1n) is 5.76. The summed E-state index contributed by atoms with van der Waals surface area (Å²) in [6, 6.07) is 5.16. The Balaban J connectivity index is 2.82. The third-order valence-corrected chi connectivity index (χ3v) is 3.95. The fraction of sp³-hybridized carbons (Fsp3) is 0.143. The smallest absolute Gasteiger partial charge is 0.205 e. The predicted molar refractivity (Wildman–Crippen MR) is 76.9 cm³/mol. The van der Waals surface area contributed by atoms with Crippen molar-refractivity contribution >= 4 is 34.8 Å². The summed E-state index contributed by atoms with van der Waals surface area (Å²) in [7, 11) is 0. The Hall–Kier alpha value is -1.04. The van der Waals surface area contributed by atoms with E-state index in [0.717, 1.165) is 30.3 Å². The van der Waals surface area contributed by atoms with Crippen molar-refractivity contribution in [1.82, 2.24) is 0 Å². The number of halogens is 8. The van der Waals surface area contributed by atoms with Crippen molar-refractivity contribution in [2.24, 2.45) is 0 Å². The van der Waals surface area contributed by atoms with E-state index in [0.29, 0.717) is 0 Å². The summed E-state index contributed by atoms with van der Waals surface area (Å²) < 4.78 is 65.5. The zero-order valence-electron chi connectivity index (χ0n) is 10.5. The van der Waals surface area contributed by atoms with Gasteiger partial charge in [-0.2, -0.15) is 13.2 Å². The van der Waals surface area contributed by atoms with Crippen LogP contribution < -0.4 is 0 Å². The van der Waals surface area contributed by atoms with Crippen LogP contribution in [0.3, 0.4) is 0 Å². The molecule has 0 saturated heterocycles. The first-order valence-corrected chi connectivity index (χ1v) is 6.89. The normalized spacial score (nSPS) is 12.0. The molecule has 0 amide bonds. The van der Waals surface area contributed by atoms with Crippen molar-refractivity contribution < 1.29 is 22.0 Å². The van der Waals surface area contributed by atoms with Crippen LogP contribution in [0.4, 0.5) is 22.0 Å². The second kappa shape index (κ2) is 6.22. The Morgan fingerprint density at radius 3 is 1.95 bits per heavy atom. The van der Waals surface area contributed by atoms with Crippen LogP contribution in [0.25, 0.3) is 11.1 Å². The van der Waals surface area contributed by atoms with E-state index in [4.69, 9.17) is 34.8 Å². The molecular weight excluding hydrogens is 370 g/mol. The Morgan fingerprint density at radius 2 is 1.41 bits per heavy atom. The Kier molecular flexibility index (Phi) is 4.90. The van der Waals surface area contributed by atoms with Gasteiger partial charge in [-0.15, -0.1) is 0 Å². The molecule has 22 heavy (non-hydrogen) atoms. The number of benzene rings is 2. The van der Waals surface area contributed by atoms with E-state index in [1.807, 2.05) is 0 Å². The Labute approximate surface area is 137 Å². The zero-order chi connectivity index (χ0) is 16.7. The van der Waals surface area contributed by atoms with Gasteiger partial charge in [-0.25, -0.2) is 8.78 Å². The molecule has 0 saturated carbocycles. The van der Waals surface area contributed by atoms with Gasteiger partial charge < -0.3 is 0 Å². The topological polar surface area (TPSA) is 0 Å². The third kappa shape index (κ3) is 3.31. The van der Waals surface area contributed by atoms with Crippen LogP contribution in [0, 0.1) is 0 Å². The van der Waals surface area contributed by atoms with E-state index >= 15 is 0 Å². The van der Waals surface area contributed by atoms with Gasteiger partial charge in [0.05, 0.1) is 15.6 Å². The molecule has 0 aliphatic rings. The van der Waals surface area contributed by atoms with Crippen LogP contribution >= 0.6 is 34.8 Å². The zero-order valence-corrected chi connectivity index (χ0v) is 12.8. The van der Waals surface area contributed by atoms with Gasteiger partial charge in [-0.05, 0) is 17.7 Å². The molecule has 0 spiro atoms. The Bertz CT molecular complexity index is 710. The molecule has 8 heteroatoms. The first-order chi connectivity index (χ1) is 10.1. The lowest BCUT2D eigenvalue weighted by Crippen LogP contribution is -2.12. The molecule has 0 aliphatic heterocycles. The van der Waals surface area contributed by atoms with E-state index < -0.39 is 29.3 Å². The SMILES string of the molecule is FC(F)c1cccc(-c2cc(Cl)c(Cl)cc2Cl)c1C(F)(F)F. The lowest BCUT2D eigenvalue weighted by molar-refractivity contribution is -0.139. The molecule has 0 unspecified atom stereocenters. The number of hydrogen-bond acceptors (Lipinski definition) is 0. The summed E-state index contributed by atoms with van der Waals surface area (Å²) in [6.45, 7) is 0. The highest BCUT2D eigenvalue weighted by atomic mass is 35.5. The van der Waals surface area contributed by atoms with E-state index in [1.54, 1.807) is 0 Å². The number of alkyl halides is 5. The number of rotatable bonds is 2. The van der Waals surface area contributed by atoms with Gasteiger partial charge in [-0.1, -0.05) is 53.0 Å². The highest BCUT2D eigenvalue weighted by Gasteiger charge is 2.38. The molecule has 2 aromatic rings. The van der Waals surface area contributed by atoms with E-state index in [9.17, 15) is 22.0 Å². The molecule has 0 nitrogen and oxygen atoms in total. The average molecular weight is 376 g/mol. The van der Waals surface area contributed by atoms with Crippen molar-refractivity contribution in [2.75, 3.05) is 0 Å². The van der Waals surface area contributed by atoms with Crippen LogP contribution in [0.5, 0.6) is 0 Å². The van der Waals surface area contributed by atoms with Crippen LogP contribution in [0.2, 0.25) is 15.1 Å². The Morgan fingerprint density at radius 1 is 0.818 bits per heavy atom. The minimum absolute atomic E-state index is 0.0309. The van der Waals surface area contributed by atoms with Gasteiger partial charge in [0.25, 0.3) is 6.43 Å². The summed E-state index contributed by atoms with van der Waals surface area (Å²) in [5, 5.41) is -0.100. The van der Waals surface area contributed by atoms with Crippen molar-refractivity contribution in [2.45, 2.75) is 12.6 Å². The standard InChI is InChI=1S/C14H6Cl3F5/c15-9-5-11(17)10(16)4-8(9)6-2-1-3-7(13(18)19)12(6)14(20,21)22/h1-5,13H. The van der Waals surface area contributed by atoms with Crippen LogP contribution in [-0.4, -0.2) is 0 Å². The summed E-state index contributed by atoms with van der Waals surface area (Å²) in [4.78, 5) is 0.